The molecule has 0 aromatic heterocycles. The molecule has 88 valence electrons. The zero-order valence-corrected chi connectivity index (χ0v) is 10.6. The number of Topliss-reactive ketones (excluding diaryl/α,β-unsaturated/α-hetero) is 1. The standard InChI is InChI=1S/C13H18O2S/c1-3-11(2)9-12(14)10-16(15)13-7-5-4-6-8-13/h4-8,11H,3,9-10H2,1-2H3. The van der Waals surface area contributed by atoms with Crippen molar-refractivity contribution >= 4 is 16.6 Å². The Morgan fingerprint density at radius 1 is 1.31 bits per heavy atom. The molecular weight excluding hydrogens is 220 g/mol. The summed E-state index contributed by atoms with van der Waals surface area (Å²) in [6.45, 7) is 4.11. The van der Waals surface area contributed by atoms with Crippen LogP contribution in [-0.2, 0) is 15.6 Å². The maximum absolute atomic E-state index is 11.8. The first-order valence-corrected chi connectivity index (χ1v) is 6.90. The lowest BCUT2D eigenvalue weighted by atomic mass is 10.0. The van der Waals surface area contributed by atoms with Gasteiger partial charge in [0.1, 0.15) is 5.78 Å². The summed E-state index contributed by atoms with van der Waals surface area (Å²) in [5.74, 6) is 0.630. The van der Waals surface area contributed by atoms with Crippen molar-refractivity contribution in [2.75, 3.05) is 5.75 Å². The fraction of sp³-hybridized carbons (Fsp3) is 0.462. The van der Waals surface area contributed by atoms with Gasteiger partial charge in [0.25, 0.3) is 0 Å². The summed E-state index contributed by atoms with van der Waals surface area (Å²) in [4.78, 5) is 12.3. The second-order valence-corrected chi connectivity index (χ2v) is 5.51. The molecule has 0 aliphatic heterocycles. The van der Waals surface area contributed by atoms with Crippen molar-refractivity contribution < 1.29 is 9.00 Å². The zero-order valence-electron chi connectivity index (χ0n) is 9.81. The Morgan fingerprint density at radius 2 is 1.94 bits per heavy atom. The largest absolute Gasteiger partial charge is 0.299 e. The number of ketones is 1. The van der Waals surface area contributed by atoms with Crippen LogP contribution in [0.2, 0.25) is 0 Å². The van der Waals surface area contributed by atoms with E-state index in [-0.39, 0.29) is 11.5 Å². The molecule has 0 N–H and O–H groups in total. The molecule has 0 saturated carbocycles. The minimum atomic E-state index is -1.18. The summed E-state index contributed by atoms with van der Waals surface area (Å²) in [5, 5.41) is 0. The van der Waals surface area contributed by atoms with Gasteiger partial charge >= 0.3 is 0 Å². The molecule has 0 radical (unpaired) electrons. The Kier molecular flexibility index (Phi) is 5.39. The van der Waals surface area contributed by atoms with Crippen molar-refractivity contribution in [3.8, 4) is 0 Å². The Balaban J connectivity index is 2.49. The maximum atomic E-state index is 11.8. The van der Waals surface area contributed by atoms with E-state index in [9.17, 15) is 9.00 Å². The van der Waals surface area contributed by atoms with Crippen molar-refractivity contribution in [3.63, 3.8) is 0 Å². The average molecular weight is 238 g/mol. The molecule has 16 heavy (non-hydrogen) atoms. The summed E-state index contributed by atoms with van der Waals surface area (Å²) in [6.07, 6.45) is 1.53. The summed E-state index contributed by atoms with van der Waals surface area (Å²) in [7, 11) is -1.18. The number of carbonyl (C=O) groups is 1. The van der Waals surface area contributed by atoms with E-state index in [1.807, 2.05) is 25.1 Å². The van der Waals surface area contributed by atoms with Crippen LogP contribution >= 0.6 is 0 Å². The molecule has 2 unspecified atom stereocenters. The Labute approximate surface area is 99.5 Å². The van der Waals surface area contributed by atoms with Gasteiger partial charge in [-0.1, -0.05) is 38.5 Å². The fourth-order valence-corrected chi connectivity index (χ4v) is 2.43. The van der Waals surface area contributed by atoms with Gasteiger partial charge in [0.15, 0.2) is 0 Å². The maximum Gasteiger partial charge on any atom is 0.145 e. The molecular formula is C13H18O2S. The molecule has 2 nitrogen and oxygen atoms in total. The van der Waals surface area contributed by atoms with E-state index in [1.54, 1.807) is 12.1 Å². The molecule has 0 fully saturated rings. The SMILES string of the molecule is CCC(C)CC(=O)CS(=O)c1ccccc1. The van der Waals surface area contributed by atoms with Crippen molar-refractivity contribution in [2.45, 2.75) is 31.6 Å². The first kappa shape index (κ1) is 13.1. The van der Waals surface area contributed by atoms with Crippen molar-refractivity contribution in [2.24, 2.45) is 5.92 Å². The van der Waals surface area contributed by atoms with Crippen molar-refractivity contribution in [1.29, 1.82) is 0 Å². The highest BCUT2D eigenvalue weighted by atomic mass is 32.2. The van der Waals surface area contributed by atoms with E-state index in [0.717, 1.165) is 11.3 Å². The van der Waals surface area contributed by atoms with E-state index in [4.69, 9.17) is 0 Å². The Hall–Kier alpha value is -0.960. The van der Waals surface area contributed by atoms with Gasteiger partial charge in [0.05, 0.1) is 16.6 Å². The van der Waals surface area contributed by atoms with Gasteiger partial charge in [-0.15, -0.1) is 0 Å². The monoisotopic (exact) mass is 238 g/mol. The third kappa shape index (κ3) is 4.27. The van der Waals surface area contributed by atoms with Crippen LogP contribution in [0.5, 0.6) is 0 Å². The van der Waals surface area contributed by atoms with Gasteiger partial charge in [-0.05, 0) is 18.1 Å². The Bertz CT molecular complexity index is 359. The highest BCUT2D eigenvalue weighted by molar-refractivity contribution is 7.85. The number of carbonyl (C=O) groups excluding carboxylic acids is 1. The van der Waals surface area contributed by atoms with Crippen LogP contribution in [0, 0.1) is 5.92 Å². The minimum Gasteiger partial charge on any atom is -0.299 e. The third-order valence-corrected chi connectivity index (χ3v) is 3.95. The van der Waals surface area contributed by atoms with Gasteiger partial charge in [0.2, 0.25) is 0 Å². The predicted molar refractivity (Wildman–Crippen MR) is 66.8 cm³/mol. The topological polar surface area (TPSA) is 34.1 Å². The second-order valence-electron chi connectivity index (χ2n) is 4.06. The van der Waals surface area contributed by atoms with Crippen molar-refractivity contribution in [3.05, 3.63) is 30.3 Å². The lowest BCUT2D eigenvalue weighted by Gasteiger charge is -2.06. The quantitative estimate of drug-likeness (QED) is 0.763. The third-order valence-electron chi connectivity index (χ3n) is 2.57. The molecule has 0 spiro atoms. The summed E-state index contributed by atoms with van der Waals surface area (Å²) in [5.41, 5.74) is 0. The average Bonchev–Trinajstić information content (AvgIpc) is 2.29. The van der Waals surface area contributed by atoms with E-state index in [1.165, 1.54) is 0 Å². The lowest BCUT2D eigenvalue weighted by molar-refractivity contribution is -0.117. The predicted octanol–water partition coefficient (Wildman–Crippen LogP) is 2.80. The fourth-order valence-electron chi connectivity index (χ4n) is 1.39. The van der Waals surface area contributed by atoms with Crippen LogP contribution in [0.3, 0.4) is 0 Å². The zero-order chi connectivity index (χ0) is 12.0. The van der Waals surface area contributed by atoms with Crippen LogP contribution in [-0.4, -0.2) is 15.7 Å². The smallest absolute Gasteiger partial charge is 0.145 e. The van der Waals surface area contributed by atoms with Crippen LogP contribution < -0.4 is 0 Å². The molecule has 3 heteroatoms. The lowest BCUT2D eigenvalue weighted by Crippen LogP contribution is -2.13. The van der Waals surface area contributed by atoms with Crippen LogP contribution in [0.25, 0.3) is 0 Å². The molecule has 1 rings (SSSR count). The Morgan fingerprint density at radius 3 is 2.50 bits per heavy atom. The normalized spacial score (nSPS) is 14.4. The number of rotatable bonds is 6. The van der Waals surface area contributed by atoms with E-state index in [2.05, 4.69) is 6.92 Å². The van der Waals surface area contributed by atoms with Gasteiger partial charge in [-0.2, -0.15) is 0 Å². The minimum absolute atomic E-state index is 0.0940. The van der Waals surface area contributed by atoms with Gasteiger partial charge < -0.3 is 0 Å². The van der Waals surface area contributed by atoms with E-state index >= 15 is 0 Å². The van der Waals surface area contributed by atoms with Gasteiger partial charge in [-0.25, -0.2) is 0 Å². The number of hydrogen-bond donors (Lipinski definition) is 0. The molecule has 1 aromatic rings. The van der Waals surface area contributed by atoms with E-state index < -0.39 is 10.8 Å². The number of benzene rings is 1. The van der Waals surface area contributed by atoms with Crippen molar-refractivity contribution in [1.82, 2.24) is 0 Å². The second kappa shape index (κ2) is 6.59. The molecule has 1 aromatic carbocycles. The van der Waals surface area contributed by atoms with Gasteiger partial charge in [0, 0.05) is 11.3 Å². The molecule has 0 aliphatic carbocycles. The molecule has 0 saturated heterocycles. The molecule has 0 amide bonds. The first-order chi connectivity index (χ1) is 7.63. The summed E-state index contributed by atoms with van der Waals surface area (Å²) in [6, 6.07) is 9.15. The summed E-state index contributed by atoms with van der Waals surface area (Å²) < 4.78 is 11.8. The molecule has 0 aliphatic rings. The first-order valence-electron chi connectivity index (χ1n) is 5.58. The van der Waals surface area contributed by atoms with Crippen LogP contribution in [0.1, 0.15) is 26.7 Å². The highest BCUT2D eigenvalue weighted by Crippen LogP contribution is 2.10. The molecule has 0 bridgehead atoms. The van der Waals surface area contributed by atoms with Crippen LogP contribution in [0.4, 0.5) is 0 Å². The van der Waals surface area contributed by atoms with E-state index in [0.29, 0.717) is 12.3 Å². The number of hydrogen-bond acceptors (Lipinski definition) is 2. The molecule has 0 heterocycles. The van der Waals surface area contributed by atoms with Gasteiger partial charge in [-0.3, -0.25) is 9.00 Å². The summed E-state index contributed by atoms with van der Waals surface area (Å²) >= 11 is 0. The highest BCUT2D eigenvalue weighted by Gasteiger charge is 2.12. The van der Waals surface area contributed by atoms with Crippen LogP contribution in [0.15, 0.2) is 35.2 Å². The molecule has 2 atom stereocenters.